The van der Waals surface area contributed by atoms with E-state index in [9.17, 15) is 9.90 Å². The van der Waals surface area contributed by atoms with Gasteiger partial charge in [0.05, 0.1) is 16.4 Å². The van der Waals surface area contributed by atoms with Crippen molar-refractivity contribution in [2.45, 2.75) is 43.6 Å². The molecule has 2 N–H and O–H groups in total. The number of carbonyl (C=O) groups is 1. The first kappa shape index (κ1) is 16.0. The van der Waals surface area contributed by atoms with Gasteiger partial charge in [0.15, 0.2) is 0 Å². The van der Waals surface area contributed by atoms with Crippen LogP contribution in [-0.4, -0.2) is 33.9 Å². The first-order chi connectivity index (χ1) is 8.99. The summed E-state index contributed by atoms with van der Waals surface area (Å²) in [4.78, 5) is 16.1. The molecule has 0 aliphatic heterocycles. The highest BCUT2D eigenvalue weighted by molar-refractivity contribution is 8.00. The molecule has 1 amide bonds. The Hall–Kier alpha value is -1.07. The van der Waals surface area contributed by atoms with Gasteiger partial charge in [0.2, 0.25) is 5.91 Å². The van der Waals surface area contributed by atoms with Gasteiger partial charge in [-0.25, -0.2) is 4.98 Å². The Balaban J connectivity index is 2.33. The Bertz CT molecular complexity index is 384. The number of aromatic nitrogens is 1. The quantitative estimate of drug-likeness (QED) is 0.752. The Morgan fingerprint density at radius 3 is 2.74 bits per heavy atom. The van der Waals surface area contributed by atoms with E-state index in [2.05, 4.69) is 10.3 Å². The standard InChI is InChI=1S/C14H22N2O2S/c1-10(8-11(2)17)9-16-14(18)12(3)19-13-6-4-5-7-15-13/h4-7,10-12,17H,8-9H2,1-3H3,(H,16,18). The number of nitrogens with one attached hydrogen (secondary N) is 1. The van der Waals surface area contributed by atoms with Crippen LogP contribution in [0.15, 0.2) is 29.4 Å². The number of aliphatic hydroxyl groups excluding tert-OH is 1. The van der Waals surface area contributed by atoms with E-state index in [1.807, 2.05) is 32.0 Å². The smallest absolute Gasteiger partial charge is 0.233 e. The molecular formula is C14H22N2O2S. The SMILES string of the molecule is CC(O)CC(C)CNC(=O)C(C)Sc1ccccn1. The molecule has 19 heavy (non-hydrogen) atoms. The van der Waals surface area contributed by atoms with Crippen LogP contribution in [0.25, 0.3) is 0 Å². The van der Waals surface area contributed by atoms with Crippen molar-refractivity contribution in [2.75, 3.05) is 6.54 Å². The van der Waals surface area contributed by atoms with Gasteiger partial charge in [-0.15, -0.1) is 0 Å². The molecule has 0 saturated heterocycles. The number of pyridine rings is 1. The molecule has 0 saturated carbocycles. The summed E-state index contributed by atoms with van der Waals surface area (Å²) in [6.45, 7) is 6.24. The molecule has 0 radical (unpaired) electrons. The van der Waals surface area contributed by atoms with Crippen LogP contribution in [0.3, 0.4) is 0 Å². The fraction of sp³-hybridized carbons (Fsp3) is 0.571. The zero-order valence-corrected chi connectivity index (χ0v) is 12.5. The van der Waals surface area contributed by atoms with Crippen LogP contribution in [0.2, 0.25) is 0 Å². The van der Waals surface area contributed by atoms with Crippen LogP contribution in [0.1, 0.15) is 27.2 Å². The van der Waals surface area contributed by atoms with Crippen molar-refractivity contribution in [1.29, 1.82) is 0 Å². The number of nitrogens with zero attached hydrogens (tertiary/aromatic N) is 1. The Kier molecular flexibility index (Phi) is 6.87. The third kappa shape index (κ3) is 6.59. The summed E-state index contributed by atoms with van der Waals surface area (Å²) < 4.78 is 0. The molecule has 0 bridgehead atoms. The lowest BCUT2D eigenvalue weighted by molar-refractivity contribution is -0.120. The molecule has 0 spiro atoms. The number of thioether (sulfide) groups is 1. The van der Waals surface area contributed by atoms with Crippen molar-refractivity contribution < 1.29 is 9.90 Å². The maximum atomic E-state index is 11.9. The van der Waals surface area contributed by atoms with Gasteiger partial charge in [0.25, 0.3) is 0 Å². The van der Waals surface area contributed by atoms with Gasteiger partial charge in [-0.05, 0) is 38.3 Å². The first-order valence-corrected chi connectivity index (χ1v) is 7.40. The van der Waals surface area contributed by atoms with Crippen LogP contribution in [0, 0.1) is 5.92 Å². The summed E-state index contributed by atoms with van der Waals surface area (Å²) in [5.74, 6) is 0.282. The topological polar surface area (TPSA) is 62.2 Å². The molecule has 1 heterocycles. The van der Waals surface area contributed by atoms with E-state index in [4.69, 9.17) is 0 Å². The van der Waals surface area contributed by atoms with E-state index >= 15 is 0 Å². The summed E-state index contributed by atoms with van der Waals surface area (Å²) in [6.07, 6.45) is 2.09. The maximum absolute atomic E-state index is 11.9. The van der Waals surface area contributed by atoms with Crippen molar-refractivity contribution in [2.24, 2.45) is 5.92 Å². The van der Waals surface area contributed by atoms with E-state index in [1.54, 1.807) is 13.1 Å². The lowest BCUT2D eigenvalue weighted by atomic mass is 10.0. The Labute approximate surface area is 119 Å². The second kappa shape index (κ2) is 8.17. The van der Waals surface area contributed by atoms with E-state index in [0.29, 0.717) is 13.0 Å². The number of hydrogen-bond acceptors (Lipinski definition) is 4. The Morgan fingerprint density at radius 2 is 2.16 bits per heavy atom. The summed E-state index contributed by atoms with van der Waals surface area (Å²) >= 11 is 1.44. The van der Waals surface area contributed by atoms with Crippen LogP contribution >= 0.6 is 11.8 Å². The average molecular weight is 282 g/mol. The van der Waals surface area contributed by atoms with Gasteiger partial charge in [0, 0.05) is 12.7 Å². The molecule has 0 fully saturated rings. The van der Waals surface area contributed by atoms with Crippen LogP contribution in [-0.2, 0) is 4.79 Å². The minimum absolute atomic E-state index is 0.00750. The van der Waals surface area contributed by atoms with E-state index in [-0.39, 0.29) is 23.2 Å². The molecule has 0 aromatic carbocycles. The summed E-state index contributed by atoms with van der Waals surface area (Å²) in [7, 11) is 0. The highest BCUT2D eigenvalue weighted by atomic mass is 32.2. The van der Waals surface area contributed by atoms with Crippen molar-refractivity contribution in [3.8, 4) is 0 Å². The summed E-state index contributed by atoms with van der Waals surface area (Å²) in [6, 6.07) is 5.65. The molecule has 3 atom stereocenters. The number of carbonyl (C=O) groups excluding carboxylic acids is 1. The van der Waals surface area contributed by atoms with Crippen molar-refractivity contribution >= 4 is 17.7 Å². The summed E-state index contributed by atoms with van der Waals surface area (Å²) in [5.41, 5.74) is 0. The van der Waals surface area contributed by atoms with Crippen LogP contribution < -0.4 is 5.32 Å². The minimum Gasteiger partial charge on any atom is -0.393 e. The summed E-state index contributed by atoms with van der Waals surface area (Å²) in [5, 5.41) is 12.9. The fourth-order valence-electron chi connectivity index (χ4n) is 1.74. The van der Waals surface area contributed by atoms with Crippen molar-refractivity contribution in [3.63, 3.8) is 0 Å². The highest BCUT2D eigenvalue weighted by Crippen LogP contribution is 2.20. The van der Waals surface area contributed by atoms with Gasteiger partial charge in [-0.2, -0.15) is 0 Å². The van der Waals surface area contributed by atoms with E-state index < -0.39 is 0 Å². The largest absolute Gasteiger partial charge is 0.393 e. The molecule has 1 aromatic heterocycles. The van der Waals surface area contributed by atoms with Gasteiger partial charge in [-0.3, -0.25) is 4.79 Å². The van der Waals surface area contributed by atoms with Crippen molar-refractivity contribution in [3.05, 3.63) is 24.4 Å². The normalized spacial score (nSPS) is 15.6. The molecule has 1 aromatic rings. The lowest BCUT2D eigenvalue weighted by Gasteiger charge is -2.16. The number of aliphatic hydroxyl groups is 1. The van der Waals surface area contributed by atoms with Crippen molar-refractivity contribution in [1.82, 2.24) is 10.3 Å². The molecule has 1 rings (SSSR count). The Morgan fingerprint density at radius 1 is 1.42 bits per heavy atom. The molecule has 106 valence electrons. The molecule has 0 aliphatic rings. The third-order valence-electron chi connectivity index (χ3n) is 2.67. The molecule has 0 aliphatic carbocycles. The maximum Gasteiger partial charge on any atom is 0.233 e. The molecule has 5 heteroatoms. The highest BCUT2D eigenvalue weighted by Gasteiger charge is 2.15. The molecular weight excluding hydrogens is 260 g/mol. The van der Waals surface area contributed by atoms with Gasteiger partial charge in [0.1, 0.15) is 0 Å². The molecule has 3 unspecified atom stereocenters. The predicted octanol–water partition coefficient (Wildman–Crippen LogP) is 2.09. The number of hydrogen-bond donors (Lipinski definition) is 2. The minimum atomic E-state index is -0.327. The fourth-order valence-corrected chi connectivity index (χ4v) is 2.57. The average Bonchev–Trinajstić information content (AvgIpc) is 2.36. The predicted molar refractivity (Wildman–Crippen MR) is 78.0 cm³/mol. The lowest BCUT2D eigenvalue weighted by Crippen LogP contribution is -2.34. The van der Waals surface area contributed by atoms with E-state index in [0.717, 1.165) is 5.03 Å². The molecule has 4 nitrogen and oxygen atoms in total. The van der Waals surface area contributed by atoms with Gasteiger partial charge >= 0.3 is 0 Å². The zero-order chi connectivity index (χ0) is 14.3. The third-order valence-corrected chi connectivity index (χ3v) is 3.72. The monoisotopic (exact) mass is 282 g/mol. The van der Waals surface area contributed by atoms with Gasteiger partial charge < -0.3 is 10.4 Å². The van der Waals surface area contributed by atoms with Crippen LogP contribution in [0.5, 0.6) is 0 Å². The van der Waals surface area contributed by atoms with E-state index in [1.165, 1.54) is 11.8 Å². The van der Waals surface area contributed by atoms with Gasteiger partial charge in [-0.1, -0.05) is 24.8 Å². The number of rotatable bonds is 7. The zero-order valence-electron chi connectivity index (χ0n) is 11.7. The second-order valence-corrected chi connectivity index (χ2v) is 6.22. The first-order valence-electron chi connectivity index (χ1n) is 6.52. The number of amides is 1. The second-order valence-electron chi connectivity index (χ2n) is 4.86. The van der Waals surface area contributed by atoms with Crippen LogP contribution in [0.4, 0.5) is 0 Å².